The normalized spacial score (nSPS) is 9.84. The van der Waals surface area contributed by atoms with Gasteiger partial charge in [-0.3, -0.25) is 9.59 Å². The van der Waals surface area contributed by atoms with Crippen LogP contribution in [-0.4, -0.2) is 69.8 Å². The van der Waals surface area contributed by atoms with Crippen LogP contribution in [0.25, 0.3) is 0 Å². The molecule has 0 radical (unpaired) electrons. The number of rotatable bonds is 10. The Morgan fingerprint density at radius 2 is 1.36 bits per heavy atom. The Bertz CT molecular complexity index is 270. The molecule has 0 aromatic carbocycles. The lowest BCUT2D eigenvalue weighted by Gasteiger charge is -1.99. The minimum Gasteiger partial charge on any atom is -0.481 e. The van der Waals surface area contributed by atoms with Crippen LogP contribution >= 0.6 is 25.3 Å². The lowest BCUT2D eigenvalue weighted by Crippen LogP contribution is -2.05. The third-order valence-electron chi connectivity index (χ3n) is 2.01. The summed E-state index contributed by atoms with van der Waals surface area (Å²) in [6.07, 6.45) is 5.44. The number of carbonyl (C=O) groups is 2. The molecular weight excluding hydrogens is 368 g/mol. The predicted molar refractivity (Wildman–Crippen MR) is 107 cm³/mol. The summed E-state index contributed by atoms with van der Waals surface area (Å²) in [5.41, 5.74) is 0. The number of carboxylic acid groups (broad SMARTS) is 2. The van der Waals surface area contributed by atoms with Crippen molar-refractivity contribution in [1.29, 1.82) is 0 Å². The zero-order valence-corrected chi connectivity index (χ0v) is 16.9. The minimum absolute atomic E-state index is 0.0833. The quantitative estimate of drug-likeness (QED) is 0.188. The number of hydrogen-bond donors (Lipinski definition) is 6. The summed E-state index contributed by atoms with van der Waals surface area (Å²) in [6, 6.07) is 0. The fraction of sp³-hybridized carbons (Fsp3) is 0.750. The molecule has 0 rings (SSSR count). The molecule has 9 heteroatoms. The van der Waals surface area contributed by atoms with E-state index in [9.17, 15) is 9.59 Å². The molecule has 0 saturated heterocycles. The summed E-state index contributed by atoms with van der Waals surface area (Å²) >= 11 is 6.83. The molecule has 0 bridgehead atoms. The zero-order valence-electron chi connectivity index (χ0n) is 15.1. The average molecular weight is 403 g/mol. The van der Waals surface area contributed by atoms with E-state index >= 15 is 0 Å². The Morgan fingerprint density at radius 1 is 1.04 bits per heavy atom. The first-order valence-electron chi connectivity index (χ1n) is 7.91. The maximum Gasteiger partial charge on any atom is 0.313 e. The van der Waals surface area contributed by atoms with E-state index in [1.165, 1.54) is 31.8 Å². The van der Waals surface area contributed by atoms with Gasteiger partial charge in [-0.25, -0.2) is 0 Å². The fourth-order valence-corrected chi connectivity index (χ4v) is 0.669. The summed E-state index contributed by atoms with van der Waals surface area (Å²) in [5, 5.41) is 31.6. The van der Waals surface area contributed by atoms with Crippen LogP contribution in [0.3, 0.4) is 0 Å². The highest BCUT2D eigenvalue weighted by atomic mass is 32.1. The molecule has 0 fully saturated rings. The molecule has 4 N–H and O–H groups in total. The van der Waals surface area contributed by atoms with Gasteiger partial charge in [0.2, 0.25) is 0 Å². The third kappa shape index (κ3) is 59.8. The van der Waals surface area contributed by atoms with Gasteiger partial charge in [-0.1, -0.05) is 32.8 Å². The Balaban J connectivity index is -0.000000122. The van der Waals surface area contributed by atoms with E-state index in [0.29, 0.717) is 0 Å². The highest BCUT2D eigenvalue weighted by molar-refractivity contribution is 7.81. The standard InChI is InChI=1S/C8H18O.C4H8O2.2C2H4O2S/c1-3-5-7-9-8-6-4-2;1-2-4(6)3-5;2*3-2(4)1-5/h3-8H2,1-2H3;2,4-6H,1,3H2;2*5H,1H2,(H,3,4). The first-order chi connectivity index (χ1) is 11.8. The second kappa shape index (κ2) is 31.1. The number of aliphatic carboxylic acids is 2. The zero-order chi connectivity index (χ0) is 20.5. The molecule has 1 unspecified atom stereocenters. The van der Waals surface area contributed by atoms with E-state index in [0.717, 1.165) is 13.2 Å². The maximum atomic E-state index is 9.29. The Kier molecular flexibility index (Phi) is 39.7. The van der Waals surface area contributed by atoms with E-state index in [-0.39, 0.29) is 18.1 Å². The summed E-state index contributed by atoms with van der Waals surface area (Å²) in [7, 11) is 0. The molecule has 0 aliphatic heterocycles. The second-order valence-corrected chi connectivity index (χ2v) is 5.04. The predicted octanol–water partition coefficient (Wildman–Crippen LogP) is 2.13. The molecule has 1 atom stereocenters. The van der Waals surface area contributed by atoms with Crippen LogP contribution in [-0.2, 0) is 14.3 Å². The Morgan fingerprint density at radius 3 is 1.48 bits per heavy atom. The van der Waals surface area contributed by atoms with Crippen LogP contribution in [0.15, 0.2) is 12.7 Å². The van der Waals surface area contributed by atoms with Gasteiger partial charge in [-0.2, -0.15) is 25.3 Å². The summed E-state index contributed by atoms with van der Waals surface area (Å²) in [5.74, 6) is -1.93. The van der Waals surface area contributed by atoms with Crippen molar-refractivity contribution >= 4 is 37.2 Å². The molecule has 0 saturated carbocycles. The van der Waals surface area contributed by atoms with Gasteiger partial charge in [0.25, 0.3) is 0 Å². The number of ether oxygens (including phenoxy) is 1. The van der Waals surface area contributed by atoms with Crippen molar-refractivity contribution in [3.63, 3.8) is 0 Å². The van der Waals surface area contributed by atoms with Gasteiger partial charge in [0, 0.05) is 13.2 Å². The molecule has 0 heterocycles. The Hall–Kier alpha value is -0.740. The molecule has 152 valence electrons. The molecule has 0 aromatic rings. The smallest absolute Gasteiger partial charge is 0.313 e. The maximum absolute atomic E-state index is 9.29. The molecular formula is C16H34O7S2. The van der Waals surface area contributed by atoms with E-state index in [4.69, 9.17) is 25.2 Å². The molecule has 7 nitrogen and oxygen atoms in total. The van der Waals surface area contributed by atoms with Crippen LogP contribution in [0.4, 0.5) is 0 Å². The molecule has 0 amide bonds. The third-order valence-corrected chi connectivity index (χ3v) is 2.56. The highest BCUT2D eigenvalue weighted by Gasteiger charge is 1.88. The van der Waals surface area contributed by atoms with E-state index < -0.39 is 18.0 Å². The SMILES string of the molecule is C=CC(O)CO.CCCCOCCCC.O=C(O)CS.O=C(O)CS. The van der Waals surface area contributed by atoms with Crippen LogP contribution in [0, 0.1) is 0 Å². The lowest BCUT2D eigenvalue weighted by molar-refractivity contribution is -0.134. The van der Waals surface area contributed by atoms with Crippen LogP contribution in [0.5, 0.6) is 0 Å². The number of thiol groups is 2. The van der Waals surface area contributed by atoms with Gasteiger partial charge < -0.3 is 25.2 Å². The fourth-order valence-electron chi connectivity index (χ4n) is 0.669. The minimum atomic E-state index is -0.881. The number of hydrogen-bond acceptors (Lipinski definition) is 7. The number of carboxylic acids is 2. The largest absolute Gasteiger partial charge is 0.481 e. The van der Waals surface area contributed by atoms with Gasteiger partial charge in [-0.15, -0.1) is 6.58 Å². The Labute approximate surface area is 161 Å². The molecule has 0 aromatic heterocycles. The topological polar surface area (TPSA) is 124 Å². The van der Waals surface area contributed by atoms with Crippen molar-refractivity contribution in [1.82, 2.24) is 0 Å². The molecule has 0 aliphatic carbocycles. The number of unbranched alkanes of at least 4 members (excludes halogenated alkanes) is 2. The molecule has 25 heavy (non-hydrogen) atoms. The summed E-state index contributed by atoms with van der Waals surface area (Å²) in [4.78, 5) is 18.6. The van der Waals surface area contributed by atoms with Crippen molar-refractivity contribution in [3.8, 4) is 0 Å². The van der Waals surface area contributed by atoms with Crippen molar-refractivity contribution in [3.05, 3.63) is 12.7 Å². The highest BCUT2D eigenvalue weighted by Crippen LogP contribution is 1.91. The monoisotopic (exact) mass is 402 g/mol. The first kappa shape index (κ1) is 32.0. The second-order valence-electron chi connectivity index (χ2n) is 4.41. The van der Waals surface area contributed by atoms with Crippen LogP contribution in [0.1, 0.15) is 39.5 Å². The van der Waals surface area contributed by atoms with Crippen molar-refractivity contribution in [2.75, 3.05) is 31.3 Å². The van der Waals surface area contributed by atoms with Gasteiger partial charge in [0.15, 0.2) is 0 Å². The lowest BCUT2D eigenvalue weighted by atomic mass is 10.3. The van der Waals surface area contributed by atoms with Crippen molar-refractivity contribution < 1.29 is 34.8 Å². The summed E-state index contributed by atoms with van der Waals surface area (Å²) in [6.45, 7) is 9.27. The van der Waals surface area contributed by atoms with E-state index in [1.54, 1.807) is 0 Å². The molecule has 0 aliphatic rings. The van der Waals surface area contributed by atoms with Gasteiger partial charge >= 0.3 is 11.9 Å². The van der Waals surface area contributed by atoms with Gasteiger partial charge in [-0.05, 0) is 12.8 Å². The van der Waals surface area contributed by atoms with E-state index in [1.807, 2.05) is 0 Å². The average Bonchev–Trinajstić information content (AvgIpc) is 2.62. The van der Waals surface area contributed by atoms with Crippen LogP contribution < -0.4 is 0 Å². The first-order valence-corrected chi connectivity index (χ1v) is 9.18. The summed E-state index contributed by atoms with van der Waals surface area (Å²) < 4.78 is 5.31. The van der Waals surface area contributed by atoms with Crippen molar-refractivity contribution in [2.24, 2.45) is 0 Å². The van der Waals surface area contributed by atoms with Gasteiger partial charge in [0.05, 0.1) is 24.2 Å². The number of aliphatic hydroxyl groups is 2. The van der Waals surface area contributed by atoms with Gasteiger partial charge in [0.1, 0.15) is 0 Å². The number of aliphatic hydroxyl groups excluding tert-OH is 2. The van der Waals surface area contributed by atoms with Crippen molar-refractivity contribution in [2.45, 2.75) is 45.6 Å². The molecule has 0 spiro atoms. The van der Waals surface area contributed by atoms with E-state index in [2.05, 4.69) is 45.7 Å². The van der Waals surface area contributed by atoms with Crippen LogP contribution in [0.2, 0.25) is 0 Å².